The highest BCUT2D eigenvalue weighted by molar-refractivity contribution is 6.03. The van der Waals surface area contributed by atoms with Crippen molar-refractivity contribution in [2.45, 2.75) is 19.3 Å². The molecule has 0 saturated carbocycles. The molecule has 1 aliphatic carbocycles. The molecule has 90 valence electrons. The quantitative estimate of drug-likeness (QED) is 0.592. The number of hydrogen-bond acceptors (Lipinski definition) is 2. The zero-order chi connectivity index (χ0) is 12.4. The maximum atomic E-state index is 9.09. The first-order chi connectivity index (χ1) is 8.88. The molecular weight excluding hydrogens is 222 g/mol. The molecule has 2 heteroatoms. The van der Waals surface area contributed by atoms with Crippen molar-refractivity contribution in [3.05, 3.63) is 59.7 Å². The highest BCUT2D eigenvalue weighted by atomic mass is 16.4. The largest absolute Gasteiger partial charge is 0.411 e. The minimum atomic E-state index is 0.814. The summed E-state index contributed by atoms with van der Waals surface area (Å²) in [4.78, 5) is 0. The number of hydrogen-bond donors (Lipinski definition) is 1. The average molecular weight is 237 g/mol. The third-order valence-corrected chi connectivity index (χ3v) is 3.51. The van der Waals surface area contributed by atoms with Crippen LogP contribution in [0.1, 0.15) is 24.0 Å². The summed E-state index contributed by atoms with van der Waals surface area (Å²) in [6.45, 7) is 0. The van der Waals surface area contributed by atoms with Gasteiger partial charge < -0.3 is 5.21 Å². The van der Waals surface area contributed by atoms with Crippen LogP contribution in [0.4, 0.5) is 0 Å². The summed E-state index contributed by atoms with van der Waals surface area (Å²) in [7, 11) is 0. The number of rotatable bonds is 1. The molecule has 1 aliphatic rings. The summed E-state index contributed by atoms with van der Waals surface area (Å²) in [6, 6.07) is 16.7. The van der Waals surface area contributed by atoms with Gasteiger partial charge in [-0.15, -0.1) is 0 Å². The Morgan fingerprint density at radius 2 is 1.72 bits per heavy atom. The molecule has 0 heterocycles. The smallest absolute Gasteiger partial charge is 0.0870 e. The van der Waals surface area contributed by atoms with Gasteiger partial charge in [-0.25, -0.2) is 0 Å². The lowest BCUT2D eigenvalue weighted by Gasteiger charge is -2.17. The number of oxime groups is 1. The fourth-order valence-corrected chi connectivity index (χ4v) is 2.56. The summed E-state index contributed by atoms with van der Waals surface area (Å²) in [6.07, 6.45) is 3.00. The molecule has 0 amide bonds. The van der Waals surface area contributed by atoms with E-state index in [2.05, 4.69) is 35.5 Å². The van der Waals surface area contributed by atoms with E-state index in [1.807, 2.05) is 18.2 Å². The van der Waals surface area contributed by atoms with Gasteiger partial charge in [0.15, 0.2) is 0 Å². The Morgan fingerprint density at radius 1 is 0.889 bits per heavy atom. The predicted molar refractivity (Wildman–Crippen MR) is 73.1 cm³/mol. The lowest BCUT2D eigenvalue weighted by Crippen LogP contribution is -2.11. The SMILES string of the molecule is ON=C1CCCc2ccc(-c3ccccc3)cc21. The molecule has 2 aromatic carbocycles. The van der Waals surface area contributed by atoms with Gasteiger partial charge in [-0.1, -0.05) is 47.6 Å². The fraction of sp³-hybridized carbons (Fsp3) is 0.188. The third-order valence-electron chi connectivity index (χ3n) is 3.51. The van der Waals surface area contributed by atoms with Crippen LogP contribution in [0.2, 0.25) is 0 Å². The Labute approximate surface area is 107 Å². The van der Waals surface area contributed by atoms with E-state index in [4.69, 9.17) is 5.21 Å². The summed E-state index contributed by atoms with van der Waals surface area (Å²) in [5.41, 5.74) is 5.58. The molecule has 18 heavy (non-hydrogen) atoms. The van der Waals surface area contributed by atoms with E-state index in [0.717, 1.165) is 30.5 Å². The van der Waals surface area contributed by atoms with Crippen molar-refractivity contribution in [2.24, 2.45) is 5.16 Å². The molecule has 1 N–H and O–H groups in total. The molecule has 0 saturated heterocycles. The van der Waals surface area contributed by atoms with E-state index in [1.165, 1.54) is 16.7 Å². The molecule has 2 nitrogen and oxygen atoms in total. The number of fused-ring (bicyclic) bond motifs is 1. The summed E-state index contributed by atoms with van der Waals surface area (Å²) in [5, 5.41) is 12.5. The number of benzene rings is 2. The lowest BCUT2D eigenvalue weighted by atomic mass is 9.88. The molecule has 0 spiro atoms. The molecule has 3 rings (SSSR count). The lowest BCUT2D eigenvalue weighted by molar-refractivity contribution is 0.317. The second-order valence-electron chi connectivity index (χ2n) is 4.64. The second-order valence-corrected chi connectivity index (χ2v) is 4.64. The van der Waals surface area contributed by atoms with Gasteiger partial charge in [-0.05, 0) is 42.0 Å². The normalized spacial score (nSPS) is 16.6. The minimum Gasteiger partial charge on any atom is -0.411 e. The van der Waals surface area contributed by atoms with Crippen LogP contribution < -0.4 is 0 Å². The zero-order valence-corrected chi connectivity index (χ0v) is 10.1. The number of nitrogens with zero attached hydrogens (tertiary/aromatic N) is 1. The Kier molecular flexibility index (Phi) is 2.85. The van der Waals surface area contributed by atoms with Crippen LogP contribution in [-0.4, -0.2) is 10.9 Å². The first kappa shape index (κ1) is 11.0. The van der Waals surface area contributed by atoms with E-state index in [9.17, 15) is 0 Å². The first-order valence-electron chi connectivity index (χ1n) is 6.28. The van der Waals surface area contributed by atoms with Crippen molar-refractivity contribution < 1.29 is 5.21 Å². The van der Waals surface area contributed by atoms with Crippen LogP contribution in [0, 0.1) is 0 Å². The van der Waals surface area contributed by atoms with Crippen LogP contribution in [0.15, 0.2) is 53.7 Å². The van der Waals surface area contributed by atoms with Crippen molar-refractivity contribution in [1.29, 1.82) is 0 Å². The van der Waals surface area contributed by atoms with Gasteiger partial charge in [0.05, 0.1) is 5.71 Å². The van der Waals surface area contributed by atoms with Crippen molar-refractivity contribution in [3.63, 3.8) is 0 Å². The zero-order valence-electron chi connectivity index (χ0n) is 10.1. The molecule has 0 aromatic heterocycles. The summed E-state index contributed by atoms with van der Waals surface area (Å²) in [5.74, 6) is 0. The molecule has 2 aromatic rings. The van der Waals surface area contributed by atoms with E-state index >= 15 is 0 Å². The number of aryl methyl sites for hydroxylation is 1. The monoisotopic (exact) mass is 237 g/mol. The highest BCUT2D eigenvalue weighted by Gasteiger charge is 2.16. The van der Waals surface area contributed by atoms with Crippen molar-refractivity contribution in [3.8, 4) is 11.1 Å². The Balaban J connectivity index is 2.10. The topological polar surface area (TPSA) is 32.6 Å². The average Bonchev–Trinajstić information content (AvgIpc) is 2.47. The molecule has 0 fully saturated rings. The van der Waals surface area contributed by atoms with E-state index in [0.29, 0.717) is 0 Å². The molecule has 0 bridgehead atoms. The van der Waals surface area contributed by atoms with Crippen LogP contribution in [0.3, 0.4) is 0 Å². The maximum absolute atomic E-state index is 9.09. The molecule has 0 radical (unpaired) electrons. The Morgan fingerprint density at radius 3 is 2.50 bits per heavy atom. The van der Waals surface area contributed by atoms with Crippen LogP contribution in [0.25, 0.3) is 11.1 Å². The summed E-state index contributed by atoms with van der Waals surface area (Å²) >= 11 is 0. The van der Waals surface area contributed by atoms with E-state index in [1.54, 1.807) is 0 Å². The Bertz CT molecular complexity index is 587. The maximum Gasteiger partial charge on any atom is 0.0870 e. The van der Waals surface area contributed by atoms with Gasteiger partial charge >= 0.3 is 0 Å². The van der Waals surface area contributed by atoms with Crippen LogP contribution in [-0.2, 0) is 6.42 Å². The van der Waals surface area contributed by atoms with Gasteiger partial charge in [-0.3, -0.25) is 0 Å². The second kappa shape index (κ2) is 4.65. The van der Waals surface area contributed by atoms with E-state index in [-0.39, 0.29) is 0 Å². The summed E-state index contributed by atoms with van der Waals surface area (Å²) < 4.78 is 0. The first-order valence-corrected chi connectivity index (χ1v) is 6.28. The third kappa shape index (κ3) is 1.90. The van der Waals surface area contributed by atoms with Crippen molar-refractivity contribution in [2.75, 3.05) is 0 Å². The van der Waals surface area contributed by atoms with E-state index < -0.39 is 0 Å². The molecular formula is C16H15NO. The molecule has 0 aliphatic heterocycles. The van der Waals surface area contributed by atoms with Crippen LogP contribution >= 0.6 is 0 Å². The van der Waals surface area contributed by atoms with Gasteiger partial charge in [0.25, 0.3) is 0 Å². The van der Waals surface area contributed by atoms with Crippen LogP contribution in [0.5, 0.6) is 0 Å². The Hall–Kier alpha value is -2.09. The van der Waals surface area contributed by atoms with Gasteiger partial charge in [-0.2, -0.15) is 0 Å². The van der Waals surface area contributed by atoms with Gasteiger partial charge in [0, 0.05) is 5.56 Å². The predicted octanol–water partition coefficient (Wildman–Crippen LogP) is 3.87. The van der Waals surface area contributed by atoms with Gasteiger partial charge in [0.1, 0.15) is 0 Å². The van der Waals surface area contributed by atoms with Crippen molar-refractivity contribution >= 4 is 5.71 Å². The fourth-order valence-electron chi connectivity index (χ4n) is 2.56. The minimum absolute atomic E-state index is 0.814. The standard InChI is InChI=1S/C16H15NO/c18-17-16-8-4-7-13-9-10-14(11-15(13)16)12-5-2-1-3-6-12/h1-3,5-6,9-11,18H,4,7-8H2. The van der Waals surface area contributed by atoms with Gasteiger partial charge in [0.2, 0.25) is 0 Å². The molecule has 0 atom stereocenters. The molecule has 0 unspecified atom stereocenters. The highest BCUT2D eigenvalue weighted by Crippen LogP contribution is 2.27. The van der Waals surface area contributed by atoms with Crippen molar-refractivity contribution in [1.82, 2.24) is 0 Å².